The van der Waals surface area contributed by atoms with E-state index < -0.39 is 0 Å². The summed E-state index contributed by atoms with van der Waals surface area (Å²) >= 11 is 0. The van der Waals surface area contributed by atoms with Crippen LogP contribution in [-0.4, -0.2) is 42.6 Å². The van der Waals surface area contributed by atoms with Gasteiger partial charge in [0.2, 0.25) is 11.9 Å². The number of anilines is 2. The highest BCUT2D eigenvalue weighted by atomic mass is 16.2. The maximum atomic E-state index is 11.5. The van der Waals surface area contributed by atoms with Gasteiger partial charge in [-0.05, 0) is 20.8 Å². The summed E-state index contributed by atoms with van der Waals surface area (Å²) in [6.45, 7) is 7.49. The normalized spacial score (nSPS) is 10.0. The van der Waals surface area contributed by atoms with Crippen LogP contribution in [0.1, 0.15) is 19.5 Å². The smallest absolute Gasteiger partial charge is 0.239 e. The van der Waals surface area contributed by atoms with E-state index in [2.05, 4.69) is 20.6 Å². The molecule has 6 heteroatoms. The number of aromatic nitrogens is 2. The molecule has 0 aliphatic carbocycles. The fourth-order valence-corrected chi connectivity index (χ4v) is 1.53. The van der Waals surface area contributed by atoms with E-state index in [1.165, 1.54) is 0 Å². The van der Waals surface area contributed by atoms with Gasteiger partial charge in [-0.1, -0.05) is 0 Å². The first-order valence-corrected chi connectivity index (χ1v) is 6.14. The maximum Gasteiger partial charge on any atom is 0.239 e. The van der Waals surface area contributed by atoms with Gasteiger partial charge in [-0.25, -0.2) is 4.98 Å². The van der Waals surface area contributed by atoms with E-state index in [4.69, 9.17) is 0 Å². The zero-order valence-electron chi connectivity index (χ0n) is 11.4. The van der Waals surface area contributed by atoms with Gasteiger partial charge in [0.05, 0.1) is 6.54 Å². The fourth-order valence-electron chi connectivity index (χ4n) is 1.53. The summed E-state index contributed by atoms with van der Waals surface area (Å²) in [5.74, 6) is 1.32. The number of rotatable bonds is 6. The highest BCUT2D eigenvalue weighted by molar-refractivity contribution is 5.80. The van der Waals surface area contributed by atoms with Gasteiger partial charge in [0.1, 0.15) is 5.82 Å². The molecular weight excluding hydrogens is 230 g/mol. The van der Waals surface area contributed by atoms with Crippen molar-refractivity contribution in [3.8, 4) is 0 Å². The molecule has 0 fully saturated rings. The lowest BCUT2D eigenvalue weighted by molar-refractivity contribution is -0.119. The van der Waals surface area contributed by atoms with Crippen LogP contribution in [0.2, 0.25) is 0 Å². The molecule has 6 nitrogen and oxygen atoms in total. The second-order valence-corrected chi connectivity index (χ2v) is 4.03. The van der Waals surface area contributed by atoms with Crippen LogP contribution in [0.3, 0.4) is 0 Å². The topological polar surface area (TPSA) is 70.2 Å². The number of hydrogen-bond donors (Lipinski definition) is 2. The van der Waals surface area contributed by atoms with Gasteiger partial charge in [-0.2, -0.15) is 4.98 Å². The Morgan fingerprint density at radius 1 is 1.33 bits per heavy atom. The second kappa shape index (κ2) is 6.78. The molecule has 18 heavy (non-hydrogen) atoms. The average molecular weight is 251 g/mol. The lowest BCUT2D eigenvalue weighted by Crippen LogP contribution is -2.35. The Morgan fingerprint density at radius 2 is 2.06 bits per heavy atom. The van der Waals surface area contributed by atoms with Crippen LogP contribution in [0.5, 0.6) is 0 Å². The Kier molecular flexibility index (Phi) is 5.35. The van der Waals surface area contributed by atoms with E-state index in [0.717, 1.165) is 18.1 Å². The Balaban J connectivity index is 2.78. The van der Waals surface area contributed by atoms with Gasteiger partial charge < -0.3 is 15.5 Å². The molecule has 0 saturated carbocycles. The molecule has 0 aliphatic rings. The van der Waals surface area contributed by atoms with Crippen molar-refractivity contribution in [1.29, 1.82) is 0 Å². The van der Waals surface area contributed by atoms with Crippen molar-refractivity contribution >= 4 is 17.7 Å². The standard InChI is InChI=1S/C12H21N5O/c1-5-13-11(18)8-17(4)10-7-9(3)15-12(16-10)14-6-2/h7H,5-6,8H2,1-4H3,(H,13,18)(H,14,15,16). The van der Waals surface area contributed by atoms with E-state index in [-0.39, 0.29) is 12.5 Å². The Hall–Kier alpha value is -1.85. The van der Waals surface area contributed by atoms with Crippen molar-refractivity contribution in [3.63, 3.8) is 0 Å². The second-order valence-electron chi connectivity index (χ2n) is 4.03. The molecular formula is C12H21N5O. The van der Waals surface area contributed by atoms with Crippen LogP contribution >= 0.6 is 0 Å². The number of amides is 1. The van der Waals surface area contributed by atoms with Crippen molar-refractivity contribution < 1.29 is 4.79 Å². The van der Waals surface area contributed by atoms with E-state index in [1.807, 2.05) is 33.9 Å². The fraction of sp³-hybridized carbons (Fsp3) is 0.583. The molecule has 0 atom stereocenters. The predicted octanol–water partition coefficient (Wildman–Crippen LogP) is 0.789. The number of carbonyl (C=O) groups excluding carboxylic acids is 1. The first kappa shape index (κ1) is 14.2. The molecule has 0 spiro atoms. The molecule has 0 saturated heterocycles. The molecule has 2 N–H and O–H groups in total. The number of likely N-dealkylation sites (N-methyl/N-ethyl adjacent to an activating group) is 2. The summed E-state index contributed by atoms with van der Waals surface area (Å²) in [7, 11) is 1.84. The lowest BCUT2D eigenvalue weighted by Gasteiger charge is -2.18. The summed E-state index contributed by atoms with van der Waals surface area (Å²) < 4.78 is 0. The minimum atomic E-state index is -0.0127. The third-order valence-electron chi connectivity index (χ3n) is 2.32. The molecule has 1 heterocycles. The third kappa shape index (κ3) is 4.20. The van der Waals surface area contributed by atoms with E-state index in [1.54, 1.807) is 4.90 Å². The first-order valence-electron chi connectivity index (χ1n) is 6.14. The molecule has 0 unspecified atom stereocenters. The van der Waals surface area contributed by atoms with Crippen molar-refractivity contribution in [1.82, 2.24) is 15.3 Å². The average Bonchev–Trinajstić information content (AvgIpc) is 2.28. The van der Waals surface area contributed by atoms with Crippen molar-refractivity contribution in [2.24, 2.45) is 0 Å². The molecule has 0 aliphatic heterocycles. The Labute approximate surface area is 108 Å². The van der Waals surface area contributed by atoms with Gasteiger partial charge in [-0.15, -0.1) is 0 Å². The van der Waals surface area contributed by atoms with Crippen LogP contribution < -0.4 is 15.5 Å². The Morgan fingerprint density at radius 3 is 2.67 bits per heavy atom. The zero-order valence-corrected chi connectivity index (χ0v) is 11.4. The Bertz CT molecular complexity index is 407. The highest BCUT2D eigenvalue weighted by Crippen LogP contribution is 2.12. The predicted molar refractivity (Wildman–Crippen MR) is 72.9 cm³/mol. The molecule has 100 valence electrons. The molecule has 0 bridgehead atoms. The van der Waals surface area contributed by atoms with Gasteiger partial charge in [-0.3, -0.25) is 4.79 Å². The van der Waals surface area contributed by atoms with E-state index >= 15 is 0 Å². The van der Waals surface area contributed by atoms with Crippen LogP contribution in [0.4, 0.5) is 11.8 Å². The maximum absolute atomic E-state index is 11.5. The summed E-state index contributed by atoms with van der Waals surface area (Å²) in [6.07, 6.45) is 0. The quantitative estimate of drug-likeness (QED) is 0.782. The minimum absolute atomic E-state index is 0.0127. The van der Waals surface area contributed by atoms with Crippen LogP contribution in [0.15, 0.2) is 6.07 Å². The van der Waals surface area contributed by atoms with E-state index in [0.29, 0.717) is 12.5 Å². The molecule has 1 aromatic heterocycles. The highest BCUT2D eigenvalue weighted by Gasteiger charge is 2.09. The first-order chi connectivity index (χ1) is 8.56. The molecule has 1 amide bonds. The summed E-state index contributed by atoms with van der Waals surface area (Å²) in [6, 6.07) is 1.86. The third-order valence-corrected chi connectivity index (χ3v) is 2.32. The molecule has 1 aromatic rings. The van der Waals surface area contributed by atoms with Crippen LogP contribution in [0, 0.1) is 6.92 Å². The zero-order chi connectivity index (χ0) is 13.5. The number of carbonyl (C=O) groups is 1. The minimum Gasteiger partial charge on any atom is -0.355 e. The SMILES string of the molecule is CCNC(=O)CN(C)c1cc(C)nc(NCC)n1. The monoisotopic (exact) mass is 251 g/mol. The molecule has 1 rings (SSSR count). The number of nitrogens with zero attached hydrogens (tertiary/aromatic N) is 3. The van der Waals surface area contributed by atoms with Gasteiger partial charge >= 0.3 is 0 Å². The van der Waals surface area contributed by atoms with Crippen molar-refractivity contribution in [2.45, 2.75) is 20.8 Å². The molecule has 0 radical (unpaired) electrons. The van der Waals surface area contributed by atoms with Gasteiger partial charge in [0.25, 0.3) is 0 Å². The van der Waals surface area contributed by atoms with Crippen molar-refractivity contribution in [2.75, 3.05) is 36.9 Å². The largest absolute Gasteiger partial charge is 0.355 e. The summed E-state index contributed by atoms with van der Waals surface area (Å²) in [4.78, 5) is 21.9. The number of nitrogens with one attached hydrogen (secondary N) is 2. The number of aryl methyl sites for hydroxylation is 1. The van der Waals surface area contributed by atoms with Gasteiger partial charge in [0, 0.05) is 31.9 Å². The lowest BCUT2D eigenvalue weighted by atomic mass is 10.4. The van der Waals surface area contributed by atoms with Gasteiger partial charge in [0.15, 0.2) is 0 Å². The summed E-state index contributed by atoms with van der Waals surface area (Å²) in [5, 5.41) is 5.83. The van der Waals surface area contributed by atoms with E-state index in [9.17, 15) is 4.79 Å². The number of hydrogen-bond acceptors (Lipinski definition) is 5. The molecule has 0 aromatic carbocycles. The summed E-state index contributed by atoms with van der Waals surface area (Å²) in [5.41, 5.74) is 0.874. The van der Waals surface area contributed by atoms with Crippen molar-refractivity contribution in [3.05, 3.63) is 11.8 Å². The van der Waals surface area contributed by atoms with Crippen LogP contribution in [0.25, 0.3) is 0 Å². The van der Waals surface area contributed by atoms with Crippen LogP contribution in [-0.2, 0) is 4.79 Å².